The summed E-state index contributed by atoms with van der Waals surface area (Å²) in [5, 5.41) is 9.12. The molecule has 1 unspecified atom stereocenters. The quantitative estimate of drug-likeness (QED) is 0.493. The van der Waals surface area contributed by atoms with Crippen molar-refractivity contribution >= 4 is 16.2 Å². The van der Waals surface area contributed by atoms with Gasteiger partial charge in [-0.1, -0.05) is 0 Å². The Morgan fingerprint density at radius 1 is 1.43 bits per heavy atom. The molecule has 1 fully saturated rings. The van der Waals surface area contributed by atoms with E-state index >= 15 is 0 Å². The second-order valence-electron chi connectivity index (χ2n) is 5.32. The van der Waals surface area contributed by atoms with Crippen LogP contribution in [0.25, 0.3) is 0 Å². The van der Waals surface area contributed by atoms with Crippen LogP contribution in [-0.4, -0.2) is 56.1 Å². The summed E-state index contributed by atoms with van der Waals surface area (Å²) in [6, 6.07) is 0. The second-order valence-corrected chi connectivity index (χ2v) is 7.07. The first-order valence-electron chi connectivity index (χ1n) is 7.46. The van der Waals surface area contributed by atoms with Crippen molar-refractivity contribution in [1.29, 1.82) is 0 Å². The first kappa shape index (κ1) is 18.3. The molecule has 0 saturated carbocycles. The van der Waals surface area contributed by atoms with Gasteiger partial charge in [0.1, 0.15) is 0 Å². The molecule has 1 aliphatic rings. The van der Waals surface area contributed by atoms with Crippen molar-refractivity contribution in [3.63, 3.8) is 0 Å². The fourth-order valence-corrected chi connectivity index (χ4v) is 3.56. The van der Waals surface area contributed by atoms with Gasteiger partial charge in [0.2, 0.25) is 0 Å². The van der Waals surface area contributed by atoms with Crippen LogP contribution in [0.3, 0.4) is 0 Å². The number of carbonyl (C=O) groups is 1. The van der Waals surface area contributed by atoms with E-state index in [4.69, 9.17) is 9.84 Å². The number of rotatable bonds is 8. The van der Waals surface area contributed by atoms with E-state index in [0.29, 0.717) is 51.9 Å². The number of nitrogens with one attached hydrogen (secondary N) is 1. The normalized spacial score (nSPS) is 19.4. The van der Waals surface area contributed by atoms with Crippen LogP contribution in [0, 0.1) is 5.92 Å². The van der Waals surface area contributed by atoms with Crippen molar-refractivity contribution in [3.05, 3.63) is 0 Å². The van der Waals surface area contributed by atoms with Crippen LogP contribution in [0.2, 0.25) is 0 Å². The third-order valence-electron chi connectivity index (χ3n) is 3.50. The van der Waals surface area contributed by atoms with Crippen LogP contribution in [-0.2, 0) is 19.7 Å². The molecule has 1 heterocycles. The molecule has 21 heavy (non-hydrogen) atoms. The van der Waals surface area contributed by atoms with E-state index in [1.54, 1.807) is 13.8 Å². The van der Waals surface area contributed by atoms with E-state index in [-0.39, 0.29) is 11.9 Å². The predicted molar refractivity (Wildman–Crippen MR) is 78.8 cm³/mol. The van der Waals surface area contributed by atoms with Gasteiger partial charge in [0.25, 0.3) is 10.2 Å². The van der Waals surface area contributed by atoms with E-state index in [1.807, 2.05) is 0 Å². The van der Waals surface area contributed by atoms with Crippen LogP contribution < -0.4 is 4.72 Å². The van der Waals surface area contributed by atoms with Crippen molar-refractivity contribution in [2.75, 3.05) is 26.2 Å². The van der Waals surface area contributed by atoms with Gasteiger partial charge in [0.15, 0.2) is 0 Å². The summed E-state index contributed by atoms with van der Waals surface area (Å²) in [6.45, 7) is 4.75. The average molecular weight is 322 g/mol. The molecule has 0 aromatic heterocycles. The number of piperidine rings is 1. The molecule has 0 amide bonds. The lowest BCUT2D eigenvalue weighted by Gasteiger charge is -2.30. The number of esters is 1. The smallest absolute Gasteiger partial charge is 0.309 e. The number of carbonyl (C=O) groups excluding carboxylic acids is 1. The molecular formula is C13H26N2O5S. The van der Waals surface area contributed by atoms with Gasteiger partial charge in [-0.3, -0.25) is 4.79 Å². The minimum atomic E-state index is -3.49. The molecule has 1 saturated heterocycles. The van der Waals surface area contributed by atoms with Gasteiger partial charge in [0, 0.05) is 19.6 Å². The molecule has 1 rings (SSSR count). The standard InChI is InChI=1S/C13H26N2O5S/c1-3-20-13(17)12-6-9-15(10-7-12)21(18,19)14-8-4-5-11(2)16/h11-12,14,16H,3-10H2,1-2H3. The number of ether oxygens (including phenoxy) is 1. The maximum Gasteiger partial charge on any atom is 0.309 e. The molecule has 0 aliphatic carbocycles. The lowest BCUT2D eigenvalue weighted by Crippen LogP contribution is -2.46. The fourth-order valence-electron chi connectivity index (χ4n) is 2.28. The largest absolute Gasteiger partial charge is 0.466 e. The number of aliphatic hydroxyl groups excluding tert-OH is 1. The highest BCUT2D eigenvalue weighted by Crippen LogP contribution is 2.20. The van der Waals surface area contributed by atoms with Crippen LogP contribution in [0.15, 0.2) is 0 Å². The Labute approximate surface area is 126 Å². The molecule has 0 spiro atoms. The molecule has 1 aliphatic heterocycles. The minimum Gasteiger partial charge on any atom is -0.466 e. The molecule has 0 aromatic rings. The maximum atomic E-state index is 12.1. The summed E-state index contributed by atoms with van der Waals surface area (Å²) in [7, 11) is -3.49. The Bertz CT molecular complexity index is 416. The number of nitrogens with zero attached hydrogens (tertiary/aromatic N) is 1. The first-order chi connectivity index (χ1) is 9.86. The van der Waals surface area contributed by atoms with Gasteiger partial charge in [-0.2, -0.15) is 12.7 Å². The second kappa shape index (κ2) is 8.67. The summed E-state index contributed by atoms with van der Waals surface area (Å²) in [6.07, 6.45) is 1.72. The summed E-state index contributed by atoms with van der Waals surface area (Å²) in [5.41, 5.74) is 0. The van der Waals surface area contributed by atoms with Gasteiger partial charge in [-0.15, -0.1) is 0 Å². The highest BCUT2D eigenvalue weighted by Gasteiger charge is 2.31. The van der Waals surface area contributed by atoms with Crippen LogP contribution in [0.5, 0.6) is 0 Å². The Morgan fingerprint density at radius 3 is 2.57 bits per heavy atom. The molecule has 0 radical (unpaired) electrons. The Kier molecular flexibility index (Phi) is 7.58. The third-order valence-corrected chi connectivity index (χ3v) is 5.11. The van der Waals surface area contributed by atoms with Crippen LogP contribution in [0.4, 0.5) is 0 Å². The molecule has 1 atom stereocenters. The minimum absolute atomic E-state index is 0.202. The average Bonchev–Trinajstić information content (AvgIpc) is 2.44. The number of aliphatic hydroxyl groups is 1. The van der Waals surface area contributed by atoms with E-state index in [2.05, 4.69) is 4.72 Å². The SMILES string of the molecule is CCOC(=O)C1CCN(S(=O)(=O)NCCCC(C)O)CC1. The van der Waals surface area contributed by atoms with E-state index < -0.39 is 16.3 Å². The van der Waals surface area contributed by atoms with E-state index in [0.717, 1.165) is 0 Å². The van der Waals surface area contributed by atoms with Gasteiger partial charge in [-0.05, 0) is 39.5 Å². The van der Waals surface area contributed by atoms with Crippen molar-refractivity contribution in [2.45, 2.75) is 45.6 Å². The summed E-state index contributed by atoms with van der Waals surface area (Å²) in [4.78, 5) is 11.6. The summed E-state index contributed by atoms with van der Waals surface area (Å²) in [5.74, 6) is -0.439. The molecule has 2 N–H and O–H groups in total. The highest BCUT2D eigenvalue weighted by atomic mass is 32.2. The zero-order valence-corrected chi connectivity index (χ0v) is 13.6. The van der Waals surface area contributed by atoms with Crippen molar-refractivity contribution in [2.24, 2.45) is 5.92 Å². The Morgan fingerprint density at radius 2 is 2.05 bits per heavy atom. The first-order valence-corrected chi connectivity index (χ1v) is 8.90. The zero-order valence-electron chi connectivity index (χ0n) is 12.7. The molecule has 7 nitrogen and oxygen atoms in total. The monoisotopic (exact) mass is 322 g/mol. The molecule has 8 heteroatoms. The summed E-state index contributed by atoms with van der Waals surface area (Å²) >= 11 is 0. The Hall–Kier alpha value is -0.700. The maximum absolute atomic E-state index is 12.1. The van der Waals surface area contributed by atoms with Crippen molar-refractivity contribution < 1.29 is 23.1 Å². The van der Waals surface area contributed by atoms with Crippen molar-refractivity contribution in [1.82, 2.24) is 9.03 Å². The van der Waals surface area contributed by atoms with Gasteiger partial charge >= 0.3 is 5.97 Å². The zero-order chi connectivity index (χ0) is 15.9. The fraction of sp³-hybridized carbons (Fsp3) is 0.923. The van der Waals surface area contributed by atoms with Gasteiger partial charge in [0.05, 0.1) is 18.6 Å². The summed E-state index contributed by atoms with van der Waals surface area (Å²) < 4.78 is 33.0. The number of hydrogen-bond acceptors (Lipinski definition) is 5. The van der Waals surface area contributed by atoms with E-state index in [9.17, 15) is 13.2 Å². The van der Waals surface area contributed by atoms with Crippen LogP contribution in [0.1, 0.15) is 39.5 Å². The topological polar surface area (TPSA) is 95.9 Å². The van der Waals surface area contributed by atoms with Gasteiger partial charge < -0.3 is 9.84 Å². The molecule has 0 aromatic carbocycles. The lowest BCUT2D eigenvalue weighted by atomic mass is 9.98. The molecule has 124 valence electrons. The Balaban J connectivity index is 2.36. The molecule has 0 bridgehead atoms. The highest BCUT2D eigenvalue weighted by molar-refractivity contribution is 7.87. The van der Waals surface area contributed by atoms with Gasteiger partial charge in [-0.25, -0.2) is 4.72 Å². The lowest BCUT2D eigenvalue weighted by molar-refractivity contribution is -0.149. The van der Waals surface area contributed by atoms with Crippen LogP contribution >= 0.6 is 0 Å². The van der Waals surface area contributed by atoms with Crippen molar-refractivity contribution in [3.8, 4) is 0 Å². The van der Waals surface area contributed by atoms with E-state index in [1.165, 1.54) is 4.31 Å². The predicted octanol–water partition coefficient (Wildman–Crippen LogP) is 0.257. The molecular weight excluding hydrogens is 296 g/mol. The third kappa shape index (κ3) is 6.29. The number of hydrogen-bond donors (Lipinski definition) is 2.